The van der Waals surface area contributed by atoms with E-state index in [-0.39, 0.29) is 17.9 Å². The lowest BCUT2D eigenvalue weighted by molar-refractivity contribution is -0.148. The largest absolute Gasteiger partial charge is 0.481 e. The van der Waals surface area contributed by atoms with Gasteiger partial charge in [0.15, 0.2) is 0 Å². The second-order valence-electron chi connectivity index (χ2n) is 5.96. The molecule has 18 heavy (non-hydrogen) atoms. The van der Waals surface area contributed by atoms with Gasteiger partial charge in [-0.25, -0.2) is 0 Å². The predicted octanol–water partition coefficient (Wildman–Crippen LogP) is 1.12. The summed E-state index contributed by atoms with van der Waals surface area (Å²) in [5, 5.41) is 9.16. The molecule has 2 aliphatic rings. The maximum Gasteiger partial charge on any atom is 0.311 e. The van der Waals surface area contributed by atoms with Gasteiger partial charge in [-0.3, -0.25) is 9.59 Å². The van der Waals surface area contributed by atoms with Gasteiger partial charge in [-0.2, -0.15) is 0 Å². The van der Waals surface area contributed by atoms with Gasteiger partial charge in [0.05, 0.1) is 11.5 Å². The standard InChI is InChI=1S/C13H21NO4/c1-8-6-9(2)18-10(8)11(15)14-5-4-13(3,7-14)12(16)17/h8-10H,4-7H2,1-3H3,(H,16,17). The van der Waals surface area contributed by atoms with Crippen LogP contribution >= 0.6 is 0 Å². The summed E-state index contributed by atoms with van der Waals surface area (Å²) in [5.41, 5.74) is -0.802. The SMILES string of the molecule is CC1CC(C)C(C(=O)N2CCC(C)(C(=O)O)C2)O1. The van der Waals surface area contributed by atoms with Crippen molar-refractivity contribution < 1.29 is 19.4 Å². The zero-order valence-electron chi connectivity index (χ0n) is 11.2. The lowest BCUT2D eigenvalue weighted by Gasteiger charge is -2.24. The highest BCUT2D eigenvalue weighted by Crippen LogP contribution is 2.33. The number of carboxylic acid groups (broad SMARTS) is 1. The van der Waals surface area contributed by atoms with Gasteiger partial charge in [0.2, 0.25) is 0 Å². The maximum absolute atomic E-state index is 12.3. The molecule has 5 nitrogen and oxygen atoms in total. The minimum absolute atomic E-state index is 0.0446. The number of hydrogen-bond acceptors (Lipinski definition) is 3. The average molecular weight is 255 g/mol. The van der Waals surface area contributed by atoms with Crippen LogP contribution in [0.4, 0.5) is 0 Å². The van der Waals surface area contributed by atoms with Gasteiger partial charge >= 0.3 is 5.97 Å². The van der Waals surface area contributed by atoms with E-state index < -0.39 is 17.5 Å². The van der Waals surface area contributed by atoms with E-state index in [9.17, 15) is 9.59 Å². The van der Waals surface area contributed by atoms with Crippen LogP contribution in [0.2, 0.25) is 0 Å². The van der Waals surface area contributed by atoms with Crippen molar-refractivity contribution in [1.29, 1.82) is 0 Å². The van der Waals surface area contributed by atoms with E-state index in [0.29, 0.717) is 19.5 Å². The molecule has 1 amide bonds. The number of rotatable bonds is 2. The van der Waals surface area contributed by atoms with E-state index in [1.165, 1.54) is 0 Å². The number of hydrogen-bond donors (Lipinski definition) is 1. The van der Waals surface area contributed by atoms with Crippen LogP contribution in [0.3, 0.4) is 0 Å². The van der Waals surface area contributed by atoms with Crippen molar-refractivity contribution in [2.75, 3.05) is 13.1 Å². The molecule has 0 saturated carbocycles. The molecule has 0 radical (unpaired) electrons. The van der Waals surface area contributed by atoms with Crippen molar-refractivity contribution in [2.24, 2.45) is 11.3 Å². The first kappa shape index (κ1) is 13.3. The molecule has 0 aromatic heterocycles. The van der Waals surface area contributed by atoms with Crippen LogP contribution in [-0.2, 0) is 14.3 Å². The first-order valence-corrected chi connectivity index (χ1v) is 6.51. The molecule has 4 unspecified atom stereocenters. The lowest BCUT2D eigenvalue weighted by Crippen LogP contribution is -2.42. The average Bonchev–Trinajstić information content (AvgIpc) is 2.82. The molecular formula is C13H21NO4. The Labute approximate surface area is 107 Å². The third-order valence-electron chi connectivity index (χ3n) is 4.14. The number of aliphatic carboxylic acids is 1. The van der Waals surface area contributed by atoms with E-state index in [1.807, 2.05) is 13.8 Å². The Kier molecular flexibility index (Phi) is 3.36. The number of nitrogens with zero attached hydrogens (tertiary/aromatic N) is 1. The minimum atomic E-state index is -0.827. The second kappa shape index (κ2) is 4.53. The fourth-order valence-electron chi connectivity index (χ4n) is 2.89. The first-order valence-electron chi connectivity index (χ1n) is 6.51. The minimum Gasteiger partial charge on any atom is -0.481 e. The molecule has 2 heterocycles. The number of amides is 1. The monoisotopic (exact) mass is 255 g/mol. The molecule has 0 aromatic carbocycles. The Balaban J connectivity index is 2.02. The molecule has 0 bridgehead atoms. The number of carbonyl (C=O) groups is 2. The van der Waals surface area contributed by atoms with Gasteiger partial charge in [-0.15, -0.1) is 0 Å². The Morgan fingerprint density at radius 3 is 2.50 bits per heavy atom. The smallest absolute Gasteiger partial charge is 0.311 e. The molecule has 4 atom stereocenters. The third-order valence-corrected chi connectivity index (χ3v) is 4.14. The van der Waals surface area contributed by atoms with Gasteiger partial charge in [-0.05, 0) is 32.6 Å². The molecule has 102 valence electrons. The lowest BCUT2D eigenvalue weighted by atomic mass is 9.90. The molecule has 0 aliphatic carbocycles. The molecule has 2 aliphatic heterocycles. The van der Waals surface area contributed by atoms with Crippen LogP contribution < -0.4 is 0 Å². The van der Waals surface area contributed by atoms with Crippen LogP contribution in [0.25, 0.3) is 0 Å². The van der Waals surface area contributed by atoms with Crippen LogP contribution in [0.5, 0.6) is 0 Å². The van der Waals surface area contributed by atoms with Gasteiger partial charge in [-0.1, -0.05) is 6.92 Å². The van der Waals surface area contributed by atoms with Crippen molar-refractivity contribution in [2.45, 2.75) is 45.8 Å². The Bertz CT molecular complexity index is 370. The van der Waals surface area contributed by atoms with Gasteiger partial charge < -0.3 is 14.7 Å². The molecular weight excluding hydrogens is 234 g/mol. The Hall–Kier alpha value is -1.10. The molecule has 1 N–H and O–H groups in total. The normalized spacial score (nSPS) is 40.2. The van der Waals surface area contributed by atoms with Crippen molar-refractivity contribution in [3.8, 4) is 0 Å². The van der Waals surface area contributed by atoms with E-state index >= 15 is 0 Å². The van der Waals surface area contributed by atoms with Crippen molar-refractivity contribution in [1.82, 2.24) is 4.90 Å². The summed E-state index contributed by atoms with van der Waals surface area (Å²) >= 11 is 0. The Morgan fingerprint density at radius 2 is 2.06 bits per heavy atom. The van der Waals surface area contributed by atoms with Crippen LogP contribution in [0, 0.1) is 11.3 Å². The number of carbonyl (C=O) groups excluding carboxylic acids is 1. The molecule has 2 rings (SSSR count). The summed E-state index contributed by atoms with van der Waals surface area (Å²) in [6.07, 6.45) is 1.13. The third kappa shape index (κ3) is 2.23. The van der Waals surface area contributed by atoms with Crippen LogP contribution in [-0.4, -0.2) is 47.2 Å². The number of likely N-dealkylation sites (tertiary alicyclic amines) is 1. The summed E-state index contributed by atoms with van der Waals surface area (Å²) in [7, 11) is 0. The number of ether oxygens (including phenoxy) is 1. The van der Waals surface area contributed by atoms with Crippen LogP contribution in [0.15, 0.2) is 0 Å². The van der Waals surface area contributed by atoms with Gasteiger partial charge in [0.25, 0.3) is 5.91 Å². The Morgan fingerprint density at radius 1 is 1.39 bits per heavy atom. The zero-order valence-corrected chi connectivity index (χ0v) is 11.2. The van der Waals surface area contributed by atoms with Gasteiger partial charge in [0.1, 0.15) is 6.10 Å². The topological polar surface area (TPSA) is 66.8 Å². The quantitative estimate of drug-likeness (QED) is 0.803. The highest BCUT2D eigenvalue weighted by atomic mass is 16.5. The van der Waals surface area contributed by atoms with Crippen LogP contribution in [0.1, 0.15) is 33.6 Å². The summed E-state index contributed by atoms with van der Waals surface area (Å²) in [4.78, 5) is 25.1. The summed E-state index contributed by atoms with van der Waals surface area (Å²) in [6.45, 7) is 6.49. The fraction of sp³-hybridized carbons (Fsp3) is 0.846. The molecule has 2 saturated heterocycles. The summed E-state index contributed by atoms with van der Waals surface area (Å²) < 4.78 is 5.64. The fourth-order valence-corrected chi connectivity index (χ4v) is 2.89. The number of carboxylic acids is 1. The van der Waals surface area contributed by atoms with E-state index in [1.54, 1.807) is 11.8 Å². The predicted molar refractivity (Wildman–Crippen MR) is 65.1 cm³/mol. The maximum atomic E-state index is 12.3. The van der Waals surface area contributed by atoms with Gasteiger partial charge in [0, 0.05) is 13.1 Å². The van der Waals surface area contributed by atoms with E-state index in [4.69, 9.17) is 9.84 Å². The second-order valence-corrected chi connectivity index (χ2v) is 5.96. The van der Waals surface area contributed by atoms with Crippen molar-refractivity contribution in [3.05, 3.63) is 0 Å². The molecule has 5 heteroatoms. The summed E-state index contributed by atoms with van der Waals surface area (Å²) in [6, 6.07) is 0. The zero-order chi connectivity index (χ0) is 13.5. The van der Waals surface area contributed by atoms with Crippen molar-refractivity contribution >= 4 is 11.9 Å². The summed E-state index contributed by atoms with van der Waals surface area (Å²) in [5.74, 6) is -0.660. The van der Waals surface area contributed by atoms with E-state index in [0.717, 1.165) is 6.42 Å². The highest BCUT2D eigenvalue weighted by Gasteiger charge is 2.45. The molecule has 2 fully saturated rings. The first-order chi connectivity index (χ1) is 8.33. The highest BCUT2D eigenvalue weighted by molar-refractivity contribution is 5.84. The van der Waals surface area contributed by atoms with E-state index in [2.05, 4.69) is 0 Å². The molecule has 0 aromatic rings. The molecule has 0 spiro atoms. The van der Waals surface area contributed by atoms with Crippen molar-refractivity contribution in [3.63, 3.8) is 0 Å².